The van der Waals surface area contributed by atoms with E-state index in [-0.39, 0.29) is 23.7 Å². The number of carbonyl (C=O) groups excluding carboxylic acids is 2. The van der Waals surface area contributed by atoms with Crippen molar-refractivity contribution in [3.63, 3.8) is 0 Å². The van der Waals surface area contributed by atoms with Gasteiger partial charge < -0.3 is 15.5 Å². The van der Waals surface area contributed by atoms with Crippen LogP contribution in [0.1, 0.15) is 58.3 Å². The average molecular weight is 364 g/mol. The van der Waals surface area contributed by atoms with E-state index in [1.807, 2.05) is 0 Å². The Balaban J connectivity index is 1.72. The Morgan fingerprint density at radius 1 is 1.04 bits per heavy atom. The summed E-state index contributed by atoms with van der Waals surface area (Å²) >= 11 is 0. The molecule has 2 fully saturated rings. The van der Waals surface area contributed by atoms with Gasteiger partial charge in [-0.2, -0.15) is 0 Å². The molecule has 0 aromatic rings. The zero-order chi connectivity index (χ0) is 18.8. The third-order valence-electron chi connectivity index (χ3n) is 5.96. The normalized spacial score (nSPS) is 24.8. The van der Waals surface area contributed by atoms with Crippen molar-refractivity contribution in [1.29, 1.82) is 0 Å². The van der Waals surface area contributed by atoms with E-state index in [9.17, 15) is 9.59 Å². The van der Waals surface area contributed by atoms with E-state index in [0.717, 1.165) is 44.6 Å². The van der Waals surface area contributed by atoms with Gasteiger partial charge in [0.15, 0.2) is 0 Å². The monoisotopic (exact) mass is 363 g/mol. The highest BCUT2D eigenvalue weighted by molar-refractivity contribution is 5.87. The van der Waals surface area contributed by atoms with Crippen LogP contribution in [0.3, 0.4) is 0 Å². The summed E-state index contributed by atoms with van der Waals surface area (Å²) in [5.74, 6) is 0.460. The van der Waals surface area contributed by atoms with Crippen LogP contribution >= 0.6 is 0 Å². The first-order valence-corrected chi connectivity index (χ1v) is 10.5. The van der Waals surface area contributed by atoms with Crippen LogP contribution in [0.4, 0.5) is 0 Å². The molecule has 1 heterocycles. The van der Waals surface area contributed by atoms with E-state index in [1.54, 1.807) is 6.08 Å². The zero-order valence-corrected chi connectivity index (χ0v) is 16.5. The van der Waals surface area contributed by atoms with Crippen molar-refractivity contribution in [2.75, 3.05) is 32.7 Å². The number of nitrogens with one attached hydrogen (secondary N) is 2. The zero-order valence-electron chi connectivity index (χ0n) is 16.5. The Kier molecular flexibility index (Phi) is 9.16. The Morgan fingerprint density at radius 3 is 2.23 bits per heavy atom. The van der Waals surface area contributed by atoms with Crippen LogP contribution in [0.5, 0.6) is 0 Å². The molecule has 2 amide bonds. The highest BCUT2D eigenvalue weighted by Crippen LogP contribution is 2.30. The summed E-state index contributed by atoms with van der Waals surface area (Å²) in [6.45, 7) is 10.7. The third kappa shape index (κ3) is 6.42. The second-order valence-corrected chi connectivity index (χ2v) is 7.90. The van der Waals surface area contributed by atoms with Crippen molar-refractivity contribution in [1.82, 2.24) is 15.5 Å². The molecule has 5 nitrogen and oxygen atoms in total. The molecular formula is C21H37N3O2. The van der Waals surface area contributed by atoms with Crippen molar-refractivity contribution in [3.05, 3.63) is 12.7 Å². The van der Waals surface area contributed by atoms with Gasteiger partial charge in [-0.15, -0.1) is 6.58 Å². The lowest BCUT2D eigenvalue weighted by Crippen LogP contribution is -2.44. The van der Waals surface area contributed by atoms with Gasteiger partial charge in [-0.05, 0) is 64.1 Å². The van der Waals surface area contributed by atoms with Gasteiger partial charge in [-0.1, -0.05) is 25.8 Å². The smallest absolute Gasteiger partial charge is 0.224 e. The summed E-state index contributed by atoms with van der Waals surface area (Å²) in [4.78, 5) is 27.5. The molecule has 2 atom stereocenters. The fourth-order valence-electron chi connectivity index (χ4n) is 4.41. The SMILES string of the molecule is C=CCNC(=O)C1CCCCC1C(=O)NCCC1CCN(CCC)CC1. The lowest BCUT2D eigenvalue weighted by atomic mass is 9.78. The molecule has 2 N–H and O–H groups in total. The standard InChI is InChI=1S/C21H37N3O2/c1-3-12-22-20(25)18-7-5-6-8-19(18)21(26)23-13-9-17-10-15-24(14-4-2)16-11-17/h3,17-19H,1,4-16H2,2H3,(H,22,25)(H,23,26). The van der Waals surface area contributed by atoms with Gasteiger partial charge in [0, 0.05) is 24.9 Å². The van der Waals surface area contributed by atoms with Crippen LogP contribution in [0, 0.1) is 17.8 Å². The molecule has 1 saturated carbocycles. The molecular weight excluding hydrogens is 326 g/mol. The van der Waals surface area contributed by atoms with E-state index in [0.29, 0.717) is 6.54 Å². The second-order valence-electron chi connectivity index (χ2n) is 7.90. The second kappa shape index (κ2) is 11.4. The van der Waals surface area contributed by atoms with Gasteiger partial charge in [0.25, 0.3) is 0 Å². The highest BCUT2D eigenvalue weighted by atomic mass is 16.2. The Labute approximate surface area is 159 Å². The molecule has 1 aliphatic heterocycles. The molecule has 26 heavy (non-hydrogen) atoms. The van der Waals surface area contributed by atoms with Crippen molar-refractivity contribution in [2.45, 2.75) is 58.3 Å². The Morgan fingerprint density at radius 2 is 1.65 bits per heavy atom. The van der Waals surface area contributed by atoms with Crippen molar-refractivity contribution in [3.8, 4) is 0 Å². The van der Waals surface area contributed by atoms with E-state index in [4.69, 9.17) is 0 Å². The molecule has 148 valence electrons. The largest absolute Gasteiger partial charge is 0.356 e. The van der Waals surface area contributed by atoms with Crippen molar-refractivity contribution < 1.29 is 9.59 Å². The van der Waals surface area contributed by atoms with Gasteiger partial charge in [0.2, 0.25) is 11.8 Å². The molecule has 2 rings (SSSR count). The number of carbonyl (C=O) groups is 2. The molecule has 1 saturated heterocycles. The maximum Gasteiger partial charge on any atom is 0.224 e. The Hall–Kier alpha value is -1.36. The van der Waals surface area contributed by atoms with Gasteiger partial charge in [-0.25, -0.2) is 0 Å². The maximum absolute atomic E-state index is 12.6. The van der Waals surface area contributed by atoms with Crippen LogP contribution in [0.25, 0.3) is 0 Å². The maximum atomic E-state index is 12.6. The first kappa shape index (κ1) is 20.9. The molecule has 0 bridgehead atoms. The first-order valence-electron chi connectivity index (χ1n) is 10.5. The molecule has 0 aromatic carbocycles. The minimum absolute atomic E-state index is 0.00745. The number of hydrogen-bond donors (Lipinski definition) is 2. The summed E-state index contributed by atoms with van der Waals surface area (Å²) in [5.41, 5.74) is 0. The molecule has 5 heteroatoms. The molecule has 0 aromatic heterocycles. The van der Waals surface area contributed by atoms with Crippen LogP contribution in [0.15, 0.2) is 12.7 Å². The summed E-state index contributed by atoms with van der Waals surface area (Å²) in [7, 11) is 0. The fraction of sp³-hybridized carbons (Fsp3) is 0.810. The van der Waals surface area contributed by atoms with E-state index in [2.05, 4.69) is 29.0 Å². The topological polar surface area (TPSA) is 61.4 Å². The highest BCUT2D eigenvalue weighted by Gasteiger charge is 2.35. The predicted octanol–water partition coefficient (Wildman–Crippen LogP) is 2.72. The third-order valence-corrected chi connectivity index (χ3v) is 5.96. The van der Waals surface area contributed by atoms with Crippen molar-refractivity contribution in [2.24, 2.45) is 17.8 Å². The van der Waals surface area contributed by atoms with Crippen LogP contribution in [-0.2, 0) is 9.59 Å². The van der Waals surface area contributed by atoms with Gasteiger partial charge >= 0.3 is 0 Å². The van der Waals surface area contributed by atoms with Crippen molar-refractivity contribution >= 4 is 11.8 Å². The van der Waals surface area contributed by atoms with Gasteiger partial charge in [-0.3, -0.25) is 9.59 Å². The summed E-state index contributed by atoms with van der Waals surface area (Å²) < 4.78 is 0. The lowest BCUT2D eigenvalue weighted by Gasteiger charge is -2.32. The summed E-state index contributed by atoms with van der Waals surface area (Å²) in [6.07, 6.45) is 10.2. The summed E-state index contributed by atoms with van der Waals surface area (Å²) in [6, 6.07) is 0. The van der Waals surface area contributed by atoms with E-state index < -0.39 is 0 Å². The number of rotatable bonds is 9. The van der Waals surface area contributed by atoms with Crippen LogP contribution in [-0.4, -0.2) is 49.4 Å². The number of nitrogens with zero attached hydrogens (tertiary/aromatic N) is 1. The number of hydrogen-bond acceptors (Lipinski definition) is 3. The molecule has 0 spiro atoms. The van der Waals surface area contributed by atoms with Gasteiger partial charge in [0.1, 0.15) is 0 Å². The minimum Gasteiger partial charge on any atom is -0.356 e. The lowest BCUT2D eigenvalue weighted by molar-refractivity contribution is -0.136. The van der Waals surface area contributed by atoms with E-state index >= 15 is 0 Å². The molecule has 1 aliphatic carbocycles. The molecule has 2 aliphatic rings. The van der Waals surface area contributed by atoms with Crippen LogP contribution in [0.2, 0.25) is 0 Å². The Bertz CT molecular complexity index is 458. The first-order chi connectivity index (χ1) is 12.7. The number of amides is 2. The predicted molar refractivity (Wildman–Crippen MR) is 106 cm³/mol. The van der Waals surface area contributed by atoms with Gasteiger partial charge in [0.05, 0.1) is 0 Å². The average Bonchev–Trinajstić information content (AvgIpc) is 2.67. The fourth-order valence-corrected chi connectivity index (χ4v) is 4.41. The van der Waals surface area contributed by atoms with Crippen LogP contribution < -0.4 is 10.6 Å². The molecule has 0 radical (unpaired) electrons. The van der Waals surface area contributed by atoms with E-state index in [1.165, 1.54) is 38.9 Å². The minimum atomic E-state index is -0.180. The number of piperidine rings is 1. The summed E-state index contributed by atoms with van der Waals surface area (Å²) in [5, 5.41) is 5.99. The number of likely N-dealkylation sites (tertiary alicyclic amines) is 1. The quantitative estimate of drug-likeness (QED) is 0.619. The molecule has 2 unspecified atom stereocenters.